The lowest BCUT2D eigenvalue weighted by Gasteiger charge is -2.24. The summed E-state index contributed by atoms with van der Waals surface area (Å²) >= 11 is 0. The number of allylic oxidation sites excluding steroid dienone is 4. The van der Waals surface area contributed by atoms with Gasteiger partial charge in [-0.3, -0.25) is 0 Å². The van der Waals surface area contributed by atoms with Crippen molar-refractivity contribution in [3.63, 3.8) is 0 Å². The van der Waals surface area contributed by atoms with Crippen molar-refractivity contribution in [3.05, 3.63) is 88.8 Å². The maximum absolute atomic E-state index is 14.6. The van der Waals surface area contributed by atoms with Gasteiger partial charge in [0.15, 0.2) is 9.84 Å². The number of rotatable bonds is 7. The predicted octanol–water partition coefficient (Wildman–Crippen LogP) is 5.09. The third-order valence-corrected chi connectivity index (χ3v) is 8.33. The zero-order valence-corrected chi connectivity index (χ0v) is 23.9. The largest absolute Gasteiger partial charge is 0.465 e. The fourth-order valence-corrected chi connectivity index (χ4v) is 6.06. The number of fused-ring (bicyclic) bond motifs is 2. The molecule has 0 atom stereocenters. The van der Waals surface area contributed by atoms with E-state index in [-0.39, 0.29) is 29.9 Å². The van der Waals surface area contributed by atoms with Crippen molar-refractivity contribution in [2.24, 2.45) is 7.05 Å². The highest BCUT2D eigenvalue weighted by molar-refractivity contribution is 7.90. The molecule has 1 aliphatic heterocycles. The molecule has 0 saturated heterocycles. The van der Waals surface area contributed by atoms with E-state index in [1.54, 1.807) is 42.0 Å². The minimum absolute atomic E-state index is 0.0486. The van der Waals surface area contributed by atoms with Crippen molar-refractivity contribution in [1.82, 2.24) is 19.5 Å². The number of hydrogen-bond acceptors (Lipinski definition) is 10. The number of hydrogen-bond donors (Lipinski definition) is 3. The maximum atomic E-state index is 14.6. The number of halogens is 1. The van der Waals surface area contributed by atoms with Crippen LogP contribution in [0.3, 0.4) is 0 Å². The van der Waals surface area contributed by atoms with Crippen LogP contribution in [0.15, 0.2) is 82.6 Å². The number of nitrogen functional groups attached to an aromatic ring is 1. The van der Waals surface area contributed by atoms with Gasteiger partial charge >= 0.3 is 0 Å². The third-order valence-electron chi connectivity index (χ3n) is 7.09. The number of aryl methyl sites for hydroxylation is 2. The van der Waals surface area contributed by atoms with Gasteiger partial charge in [-0.05, 0) is 48.9 Å². The van der Waals surface area contributed by atoms with Crippen LogP contribution in [0.25, 0.3) is 11.0 Å². The molecule has 4 aromatic rings. The highest BCUT2D eigenvalue weighted by Crippen LogP contribution is 2.37. The SMILES string of the molecule is Cc1ccc(Nc2nccc(Nc3ccc4c(nc(N)n4C)c3CC3=C4OCOC=C4CC(F)=C3)n2)cc1S(C)(=O)=O. The number of nitrogens with zero attached hydrogens (tertiary/aromatic N) is 4. The van der Waals surface area contributed by atoms with Crippen molar-refractivity contribution in [1.29, 1.82) is 0 Å². The summed E-state index contributed by atoms with van der Waals surface area (Å²) < 4.78 is 51.8. The summed E-state index contributed by atoms with van der Waals surface area (Å²) in [5.74, 6) is 1.38. The van der Waals surface area contributed by atoms with Crippen molar-refractivity contribution < 1.29 is 22.3 Å². The number of ether oxygens (including phenoxy) is 2. The Balaban J connectivity index is 1.36. The molecule has 0 fully saturated rings. The predicted molar refractivity (Wildman–Crippen MR) is 158 cm³/mol. The molecule has 1 aliphatic carbocycles. The monoisotopic (exact) mass is 589 g/mol. The van der Waals surface area contributed by atoms with E-state index in [2.05, 4.69) is 25.6 Å². The second kappa shape index (κ2) is 10.5. The number of anilines is 5. The van der Waals surface area contributed by atoms with Gasteiger partial charge in [0.1, 0.15) is 17.4 Å². The van der Waals surface area contributed by atoms with Gasteiger partial charge in [0.05, 0.1) is 22.2 Å². The summed E-state index contributed by atoms with van der Waals surface area (Å²) in [4.78, 5) is 13.7. The minimum atomic E-state index is -3.40. The fourth-order valence-electron chi connectivity index (χ4n) is 5.07. The van der Waals surface area contributed by atoms with Gasteiger partial charge in [0.25, 0.3) is 0 Å². The smallest absolute Gasteiger partial charge is 0.230 e. The molecule has 0 amide bonds. The lowest BCUT2D eigenvalue weighted by atomic mass is 9.93. The number of imidazole rings is 1. The molecule has 2 aromatic carbocycles. The maximum Gasteiger partial charge on any atom is 0.230 e. The zero-order chi connectivity index (χ0) is 29.6. The number of benzene rings is 2. The Hall–Kier alpha value is -4.91. The van der Waals surface area contributed by atoms with Crippen LogP contribution in [0, 0.1) is 6.92 Å². The Labute approximate surface area is 241 Å². The molecule has 6 rings (SSSR count). The van der Waals surface area contributed by atoms with E-state index in [0.717, 1.165) is 11.1 Å². The minimum Gasteiger partial charge on any atom is -0.465 e. The van der Waals surface area contributed by atoms with Crippen LogP contribution in [0.5, 0.6) is 0 Å². The number of aromatic nitrogens is 4. The molecule has 0 saturated carbocycles. The molecule has 42 heavy (non-hydrogen) atoms. The van der Waals surface area contributed by atoms with Crippen LogP contribution in [-0.4, -0.2) is 41.0 Å². The van der Waals surface area contributed by atoms with Gasteiger partial charge in [-0.2, -0.15) is 4.98 Å². The van der Waals surface area contributed by atoms with E-state index < -0.39 is 9.84 Å². The van der Waals surface area contributed by atoms with Crippen molar-refractivity contribution in [2.45, 2.75) is 24.7 Å². The van der Waals surface area contributed by atoms with Gasteiger partial charge in [0, 0.05) is 60.4 Å². The van der Waals surface area contributed by atoms with E-state index in [1.165, 1.54) is 18.6 Å². The van der Waals surface area contributed by atoms with Gasteiger partial charge in [-0.1, -0.05) is 6.07 Å². The lowest BCUT2D eigenvalue weighted by Crippen LogP contribution is -2.13. The van der Waals surface area contributed by atoms with Gasteiger partial charge < -0.3 is 30.4 Å². The summed E-state index contributed by atoms with van der Waals surface area (Å²) in [5.41, 5.74) is 11.6. The molecular formula is C29H28FN7O4S. The zero-order valence-electron chi connectivity index (χ0n) is 23.1. The summed E-state index contributed by atoms with van der Waals surface area (Å²) in [6, 6.07) is 10.5. The Morgan fingerprint density at radius 1 is 1.14 bits per heavy atom. The summed E-state index contributed by atoms with van der Waals surface area (Å²) in [6.07, 6.45) is 6.18. The number of nitrogens with two attached hydrogens (primary N) is 1. The van der Waals surface area contributed by atoms with Crippen LogP contribution in [-0.2, 0) is 32.8 Å². The lowest BCUT2D eigenvalue weighted by molar-refractivity contribution is 0.0125. The van der Waals surface area contributed by atoms with E-state index in [4.69, 9.17) is 15.2 Å². The molecule has 0 radical (unpaired) electrons. The van der Waals surface area contributed by atoms with Crippen molar-refractivity contribution in [3.8, 4) is 0 Å². The molecule has 0 spiro atoms. The normalized spacial score (nSPS) is 15.0. The molecule has 3 heterocycles. The molecule has 0 bridgehead atoms. The molecule has 2 aromatic heterocycles. The Bertz CT molecular complexity index is 1950. The molecule has 11 nitrogen and oxygen atoms in total. The van der Waals surface area contributed by atoms with Crippen LogP contribution in [0.4, 0.5) is 33.5 Å². The summed E-state index contributed by atoms with van der Waals surface area (Å²) in [6.45, 7) is 1.79. The van der Waals surface area contributed by atoms with Gasteiger partial charge in [-0.25, -0.2) is 22.8 Å². The van der Waals surface area contributed by atoms with Crippen molar-refractivity contribution in [2.75, 3.05) is 29.4 Å². The molecular weight excluding hydrogens is 561 g/mol. The molecule has 13 heteroatoms. The third kappa shape index (κ3) is 5.26. The fraction of sp³-hybridized carbons (Fsp3) is 0.207. The summed E-state index contributed by atoms with van der Waals surface area (Å²) in [5, 5.41) is 6.42. The molecule has 216 valence electrons. The first-order chi connectivity index (χ1) is 20.1. The molecule has 2 aliphatic rings. The average molecular weight is 590 g/mol. The number of sulfone groups is 1. The van der Waals surface area contributed by atoms with E-state index in [1.807, 2.05) is 19.2 Å². The second-order valence-corrected chi connectivity index (χ2v) is 12.1. The average Bonchev–Trinajstić information content (AvgIpc) is 3.24. The quantitative estimate of drug-likeness (QED) is 0.266. The first-order valence-corrected chi connectivity index (χ1v) is 14.9. The Morgan fingerprint density at radius 2 is 1.98 bits per heavy atom. The number of nitrogens with one attached hydrogen (secondary N) is 2. The van der Waals surface area contributed by atoms with Crippen LogP contribution in [0.2, 0.25) is 0 Å². The van der Waals surface area contributed by atoms with E-state index >= 15 is 0 Å². The summed E-state index contributed by atoms with van der Waals surface area (Å²) in [7, 11) is -1.58. The first-order valence-electron chi connectivity index (χ1n) is 13.0. The standard InChI is InChI=1S/C29H28FN7O4S/c1-16-4-5-20(13-24(16)42(3,38)39)33-29-32-9-8-25(35-29)34-22-6-7-23-26(36-28(31)37(23)2)21(22)12-17-10-19(30)11-18-14-40-15-41-27(17)18/h4-10,13-14H,11-12,15H2,1-3H3,(H2,31,36)(H2,32,33,34,35). The Kier molecular flexibility index (Phi) is 6.81. The molecule has 0 unspecified atom stereocenters. The second-order valence-electron chi connectivity index (χ2n) is 10.1. The highest BCUT2D eigenvalue weighted by atomic mass is 32.2. The topological polar surface area (TPSA) is 146 Å². The van der Waals surface area contributed by atoms with Crippen LogP contribution >= 0.6 is 0 Å². The first kappa shape index (κ1) is 27.3. The van der Waals surface area contributed by atoms with E-state index in [0.29, 0.717) is 57.5 Å². The Morgan fingerprint density at radius 3 is 2.79 bits per heavy atom. The molecule has 4 N–H and O–H groups in total. The van der Waals surface area contributed by atoms with E-state index in [9.17, 15) is 12.8 Å². The van der Waals surface area contributed by atoms with Gasteiger partial charge in [-0.15, -0.1) is 0 Å². The van der Waals surface area contributed by atoms with Crippen LogP contribution in [0.1, 0.15) is 17.5 Å². The van der Waals surface area contributed by atoms with Gasteiger partial charge in [0.2, 0.25) is 18.7 Å². The van der Waals surface area contributed by atoms with Crippen molar-refractivity contribution >= 4 is 50.0 Å². The highest BCUT2D eigenvalue weighted by Gasteiger charge is 2.25. The van der Waals surface area contributed by atoms with Crippen LogP contribution < -0.4 is 16.4 Å².